The van der Waals surface area contributed by atoms with Crippen LogP contribution in [0.4, 0.5) is 4.79 Å². The smallest absolute Gasteiger partial charge is 0.315 e. The average molecular weight is 299 g/mol. The lowest BCUT2D eigenvalue weighted by molar-refractivity contribution is -0.142. The number of amides is 2. The molecular weight excluding hydrogens is 270 g/mol. The number of carbonyl (C=O) groups excluding carboxylic acids is 1. The molecule has 6 nitrogen and oxygen atoms in total. The van der Waals surface area contributed by atoms with Crippen LogP contribution >= 0.6 is 0 Å². The zero-order valence-electron chi connectivity index (χ0n) is 13.6. The Morgan fingerprint density at radius 1 is 1.19 bits per heavy atom. The maximum absolute atomic E-state index is 12.0. The summed E-state index contributed by atoms with van der Waals surface area (Å²) < 4.78 is 0. The van der Waals surface area contributed by atoms with E-state index in [-0.39, 0.29) is 17.6 Å². The molecule has 0 heterocycles. The summed E-state index contributed by atoms with van der Waals surface area (Å²) in [5, 5.41) is 15.0. The van der Waals surface area contributed by atoms with Gasteiger partial charge in [0.15, 0.2) is 0 Å². The summed E-state index contributed by atoms with van der Waals surface area (Å²) in [5.41, 5.74) is -0.146. The lowest BCUT2D eigenvalue weighted by atomic mass is 9.95. The highest BCUT2D eigenvalue weighted by Gasteiger charge is 2.31. The minimum atomic E-state index is -0.809. The fourth-order valence-corrected chi connectivity index (χ4v) is 2.45. The molecule has 0 aliphatic heterocycles. The Bertz CT molecular complexity index is 369. The number of carbonyl (C=O) groups is 2. The predicted octanol–water partition coefficient (Wildman–Crippen LogP) is 1.66. The van der Waals surface area contributed by atoms with Crippen LogP contribution in [0.25, 0.3) is 0 Å². The van der Waals surface area contributed by atoms with Gasteiger partial charge < -0.3 is 20.6 Å². The Labute approximate surface area is 127 Å². The molecule has 2 amide bonds. The molecule has 1 aliphatic carbocycles. The van der Waals surface area contributed by atoms with Crippen molar-refractivity contribution in [1.29, 1.82) is 0 Å². The van der Waals surface area contributed by atoms with Gasteiger partial charge in [-0.25, -0.2) is 4.79 Å². The molecule has 1 rings (SSSR count). The van der Waals surface area contributed by atoms with E-state index in [1.54, 1.807) is 0 Å². The van der Waals surface area contributed by atoms with Gasteiger partial charge in [-0.05, 0) is 40.8 Å². The quantitative estimate of drug-likeness (QED) is 0.674. The van der Waals surface area contributed by atoms with Crippen LogP contribution in [0.15, 0.2) is 0 Å². The Balaban J connectivity index is 2.53. The number of carboxylic acid groups (broad SMARTS) is 1. The van der Waals surface area contributed by atoms with Crippen LogP contribution in [-0.4, -0.2) is 54.2 Å². The summed E-state index contributed by atoms with van der Waals surface area (Å²) in [4.78, 5) is 25.4. The molecule has 0 spiro atoms. The standard InChI is InChI=1S/C15H29N3O3/c1-15(2,18(3)4)10-16-14(21)17-12-9-7-5-6-8-11(12)13(19)20/h11-12H,5-10H2,1-4H3,(H,19,20)(H2,16,17,21). The van der Waals surface area contributed by atoms with E-state index >= 15 is 0 Å². The van der Waals surface area contributed by atoms with Gasteiger partial charge in [-0.3, -0.25) is 4.79 Å². The van der Waals surface area contributed by atoms with E-state index in [0.717, 1.165) is 25.7 Å². The molecular formula is C15H29N3O3. The summed E-state index contributed by atoms with van der Waals surface area (Å²) in [6.45, 7) is 4.59. The van der Waals surface area contributed by atoms with E-state index in [9.17, 15) is 14.7 Å². The molecule has 0 saturated heterocycles. The highest BCUT2D eigenvalue weighted by molar-refractivity contribution is 5.76. The van der Waals surface area contributed by atoms with Crippen molar-refractivity contribution in [3.63, 3.8) is 0 Å². The van der Waals surface area contributed by atoms with Gasteiger partial charge in [-0.2, -0.15) is 0 Å². The summed E-state index contributed by atoms with van der Waals surface area (Å²) >= 11 is 0. The normalized spacial score (nSPS) is 23.5. The van der Waals surface area contributed by atoms with Crippen LogP contribution in [0.2, 0.25) is 0 Å². The first kappa shape index (κ1) is 17.8. The molecule has 1 saturated carbocycles. The number of rotatable bonds is 5. The molecule has 2 unspecified atom stereocenters. The number of urea groups is 1. The lowest BCUT2D eigenvalue weighted by Gasteiger charge is -2.33. The number of nitrogens with one attached hydrogen (secondary N) is 2. The van der Waals surface area contributed by atoms with Crippen molar-refractivity contribution in [3.05, 3.63) is 0 Å². The van der Waals surface area contributed by atoms with Gasteiger partial charge in [0, 0.05) is 18.1 Å². The topological polar surface area (TPSA) is 81.7 Å². The number of aliphatic carboxylic acids is 1. The summed E-state index contributed by atoms with van der Waals surface area (Å²) in [7, 11) is 3.93. The maximum atomic E-state index is 12.0. The number of hydrogen-bond acceptors (Lipinski definition) is 3. The Hall–Kier alpha value is -1.30. The van der Waals surface area contributed by atoms with E-state index in [1.165, 1.54) is 0 Å². The predicted molar refractivity (Wildman–Crippen MR) is 82.3 cm³/mol. The second kappa shape index (κ2) is 7.64. The Kier molecular flexibility index (Phi) is 6.45. The third-order valence-corrected chi connectivity index (χ3v) is 4.54. The molecule has 2 atom stereocenters. The first-order valence-electron chi connectivity index (χ1n) is 7.68. The Morgan fingerprint density at radius 3 is 2.38 bits per heavy atom. The number of nitrogens with zero attached hydrogens (tertiary/aromatic N) is 1. The van der Waals surface area contributed by atoms with E-state index in [0.29, 0.717) is 13.0 Å². The Morgan fingerprint density at radius 2 is 1.81 bits per heavy atom. The zero-order valence-corrected chi connectivity index (χ0v) is 13.6. The van der Waals surface area contributed by atoms with Crippen molar-refractivity contribution in [1.82, 2.24) is 15.5 Å². The molecule has 21 heavy (non-hydrogen) atoms. The minimum absolute atomic E-state index is 0.146. The van der Waals surface area contributed by atoms with Crippen LogP contribution in [0.5, 0.6) is 0 Å². The average Bonchev–Trinajstić information content (AvgIpc) is 2.61. The number of carboxylic acids is 1. The second-order valence-corrected chi connectivity index (χ2v) is 6.72. The molecule has 1 aliphatic rings. The monoisotopic (exact) mass is 299 g/mol. The van der Waals surface area contributed by atoms with Crippen LogP contribution in [0, 0.1) is 5.92 Å². The van der Waals surface area contributed by atoms with E-state index < -0.39 is 11.9 Å². The molecule has 0 radical (unpaired) electrons. The molecule has 0 aromatic rings. The first-order chi connectivity index (χ1) is 9.74. The van der Waals surface area contributed by atoms with Gasteiger partial charge in [-0.1, -0.05) is 19.3 Å². The van der Waals surface area contributed by atoms with E-state index in [4.69, 9.17) is 0 Å². The van der Waals surface area contributed by atoms with Crippen LogP contribution < -0.4 is 10.6 Å². The molecule has 0 aromatic carbocycles. The molecule has 122 valence electrons. The largest absolute Gasteiger partial charge is 0.481 e. The van der Waals surface area contributed by atoms with Crippen molar-refractivity contribution >= 4 is 12.0 Å². The molecule has 1 fully saturated rings. The van der Waals surface area contributed by atoms with Crippen LogP contribution in [0.3, 0.4) is 0 Å². The summed E-state index contributed by atoms with van der Waals surface area (Å²) in [5.74, 6) is -1.28. The van der Waals surface area contributed by atoms with E-state index in [2.05, 4.69) is 10.6 Å². The molecule has 6 heteroatoms. The van der Waals surface area contributed by atoms with Gasteiger partial charge in [0.05, 0.1) is 5.92 Å². The highest BCUT2D eigenvalue weighted by atomic mass is 16.4. The summed E-state index contributed by atoms with van der Waals surface area (Å²) in [6.07, 6.45) is 4.31. The van der Waals surface area contributed by atoms with Crippen LogP contribution in [0.1, 0.15) is 46.0 Å². The SMILES string of the molecule is CN(C)C(C)(C)CNC(=O)NC1CCCCCC1C(=O)O. The minimum Gasteiger partial charge on any atom is -0.481 e. The number of likely N-dealkylation sites (N-methyl/N-ethyl adjacent to an activating group) is 1. The van der Waals surface area contributed by atoms with Crippen LogP contribution in [-0.2, 0) is 4.79 Å². The lowest BCUT2D eigenvalue weighted by Crippen LogP contribution is -2.53. The maximum Gasteiger partial charge on any atom is 0.315 e. The fraction of sp³-hybridized carbons (Fsp3) is 0.867. The van der Waals surface area contributed by atoms with Crippen molar-refractivity contribution in [2.75, 3.05) is 20.6 Å². The third-order valence-electron chi connectivity index (χ3n) is 4.54. The molecule has 0 bridgehead atoms. The fourth-order valence-electron chi connectivity index (χ4n) is 2.45. The number of hydrogen-bond donors (Lipinski definition) is 3. The van der Waals surface area contributed by atoms with Gasteiger partial charge in [-0.15, -0.1) is 0 Å². The van der Waals surface area contributed by atoms with Gasteiger partial charge in [0.1, 0.15) is 0 Å². The third kappa shape index (κ3) is 5.53. The van der Waals surface area contributed by atoms with Crippen molar-refractivity contribution in [2.24, 2.45) is 5.92 Å². The van der Waals surface area contributed by atoms with Gasteiger partial charge >= 0.3 is 12.0 Å². The molecule has 3 N–H and O–H groups in total. The van der Waals surface area contributed by atoms with Crippen molar-refractivity contribution in [2.45, 2.75) is 57.5 Å². The molecule has 0 aromatic heterocycles. The zero-order chi connectivity index (χ0) is 16.0. The summed E-state index contributed by atoms with van der Waals surface area (Å²) in [6, 6.07) is -0.546. The van der Waals surface area contributed by atoms with E-state index in [1.807, 2.05) is 32.8 Å². The van der Waals surface area contributed by atoms with Gasteiger partial charge in [0.2, 0.25) is 0 Å². The first-order valence-corrected chi connectivity index (χ1v) is 7.68. The van der Waals surface area contributed by atoms with Crippen molar-refractivity contribution < 1.29 is 14.7 Å². The highest BCUT2D eigenvalue weighted by Crippen LogP contribution is 2.23. The van der Waals surface area contributed by atoms with Crippen molar-refractivity contribution in [3.8, 4) is 0 Å². The van der Waals surface area contributed by atoms with Gasteiger partial charge in [0.25, 0.3) is 0 Å². The second-order valence-electron chi connectivity index (χ2n) is 6.72.